The summed E-state index contributed by atoms with van der Waals surface area (Å²) in [7, 11) is 1.62. The van der Waals surface area contributed by atoms with E-state index in [0.29, 0.717) is 29.4 Å². The molecule has 5 aromatic rings. The topological polar surface area (TPSA) is 120 Å². The van der Waals surface area contributed by atoms with E-state index in [9.17, 15) is 14.7 Å². The number of methoxy groups -OCH3 is 1. The number of carbonyl (C=O) groups excluding carboxylic acids is 1. The zero-order valence-corrected chi connectivity index (χ0v) is 27.6. The number of amides is 2. The third kappa shape index (κ3) is 7.66. The van der Waals surface area contributed by atoms with Gasteiger partial charge in [-0.3, -0.25) is 10.1 Å². The molecule has 0 aliphatic rings. The monoisotopic (exact) mass is 635 g/mol. The largest absolute Gasteiger partial charge is 0.508 e. The Kier molecular flexibility index (Phi) is 9.70. The number of aromatic hydroxyl groups is 1. The van der Waals surface area contributed by atoms with Gasteiger partial charge in [-0.15, -0.1) is 0 Å². The Labute approximate surface area is 274 Å². The van der Waals surface area contributed by atoms with E-state index in [4.69, 9.17) is 14.6 Å². The van der Waals surface area contributed by atoms with Gasteiger partial charge < -0.3 is 24.5 Å². The predicted molar refractivity (Wildman–Crippen MR) is 183 cm³/mol. The standard InChI is InChI=1S/C37H41N5O5/c1-24-19-32(25(2)35(44)41(24)22-27-12-9-10-14-31(27)46-6)47-23-28-13-8-7-11-26(28)21-38-36(45)39-34-20-33(37(3,4)5)40-42(34)29-15-17-30(43)18-16-29/h7-20,43H,21-23H2,1-6H3,(H2,38,39,45). The second kappa shape index (κ2) is 13.9. The van der Waals surface area contributed by atoms with E-state index in [1.165, 1.54) is 0 Å². The summed E-state index contributed by atoms with van der Waals surface area (Å²) >= 11 is 0. The van der Waals surface area contributed by atoms with Gasteiger partial charge in [0.05, 0.1) is 30.6 Å². The molecule has 0 aliphatic heterocycles. The molecule has 0 saturated heterocycles. The highest BCUT2D eigenvalue weighted by molar-refractivity contribution is 5.88. The highest BCUT2D eigenvalue weighted by Crippen LogP contribution is 2.27. The Balaban J connectivity index is 1.27. The number of ether oxygens (including phenoxy) is 2. The maximum absolute atomic E-state index is 13.4. The lowest BCUT2D eigenvalue weighted by molar-refractivity contribution is 0.251. The van der Waals surface area contributed by atoms with Gasteiger partial charge in [0.1, 0.15) is 29.7 Å². The Bertz CT molecular complexity index is 1940. The first-order valence-electron chi connectivity index (χ1n) is 15.4. The Hall–Kier alpha value is -5.51. The van der Waals surface area contributed by atoms with Crippen LogP contribution in [0, 0.1) is 13.8 Å². The van der Waals surface area contributed by atoms with Crippen LogP contribution in [0.25, 0.3) is 5.69 Å². The fourth-order valence-corrected chi connectivity index (χ4v) is 5.18. The van der Waals surface area contributed by atoms with Crippen LogP contribution in [0.15, 0.2) is 89.7 Å². The quantitative estimate of drug-likeness (QED) is 0.159. The lowest BCUT2D eigenvalue weighted by Gasteiger charge is -2.17. The Morgan fingerprint density at radius 2 is 1.55 bits per heavy atom. The average Bonchev–Trinajstić information content (AvgIpc) is 3.48. The van der Waals surface area contributed by atoms with Crippen LogP contribution >= 0.6 is 0 Å². The number of pyridine rings is 1. The van der Waals surface area contributed by atoms with Gasteiger partial charge in [-0.1, -0.05) is 63.2 Å². The van der Waals surface area contributed by atoms with E-state index in [2.05, 4.69) is 31.4 Å². The summed E-state index contributed by atoms with van der Waals surface area (Å²) in [4.78, 5) is 26.5. The number of benzene rings is 3. The summed E-state index contributed by atoms with van der Waals surface area (Å²) in [6.07, 6.45) is 0. The molecule has 0 atom stereocenters. The molecule has 0 aliphatic carbocycles. The molecular formula is C37H41N5O5. The molecule has 0 unspecified atom stereocenters. The van der Waals surface area contributed by atoms with Gasteiger partial charge in [0.2, 0.25) is 0 Å². The molecule has 0 radical (unpaired) electrons. The van der Waals surface area contributed by atoms with Gasteiger partial charge in [-0.25, -0.2) is 9.48 Å². The summed E-state index contributed by atoms with van der Waals surface area (Å²) in [6, 6.07) is 25.3. The van der Waals surface area contributed by atoms with Crippen molar-refractivity contribution >= 4 is 11.8 Å². The van der Waals surface area contributed by atoms with E-state index in [1.54, 1.807) is 47.5 Å². The van der Waals surface area contributed by atoms with Crippen LogP contribution in [0.1, 0.15) is 54.4 Å². The first-order valence-corrected chi connectivity index (χ1v) is 15.4. The molecule has 10 nitrogen and oxygen atoms in total. The van der Waals surface area contributed by atoms with Crippen molar-refractivity contribution in [2.45, 2.75) is 59.7 Å². The summed E-state index contributed by atoms with van der Waals surface area (Å²) in [5.74, 6) is 1.89. The van der Waals surface area contributed by atoms with Gasteiger partial charge in [-0.05, 0) is 61.4 Å². The van der Waals surface area contributed by atoms with Crippen LogP contribution in [0.3, 0.4) is 0 Å². The number of phenols is 1. The van der Waals surface area contributed by atoms with Gasteiger partial charge >= 0.3 is 6.03 Å². The number of phenolic OH excluding ortho intramolecular Hbond substituents is 1. The van der Waals surface area contributed by atoms with E-state index in [1.807, 2.05) is 67.6 Å². The lowest BCUT2D eigenvalue weighted by atomic mass is 9.92. The molecule has 2 aromatic heterocycles. The Morgan fingerprint density at radius 3 is 2.23 bits per heavy atom. The number of anilines is 1. The normalized spacial score (nSPS) is 11.3. The molecule has 0 saturated carbocycles. The minimum atomic E-state index is -0.397. The second-order valence-corrected chi connectivity index (χ2v) is 12.4. The van der Waals surface area contributed by atoms with Crippen molar-refractivity contribution in [3.8, 4) is 22.9 Å². The van der Waals surface area contributed by atoms with Gasteiger partial charge in [0.15, 0.2) is 0 Å². The first-order chi connectivity index (χ1) is 22.4. The molecule has 0 fully saturated rings. The molecule has 0 spiro atoms. The minimum Gasteiger partial charge on any atom is -0.508 e. The number of hydrogen-bond acceptors (Lipinski definition) is 6. The Morgan fingerprint density at radius 1 is 0.894 bits per heavy atom. The number of urea groups is 1. The van der Waals surface area contributed by atoms with Gasteiger partial charge in [-0.2, -0.15) is 5.10 Å². The van der Waals surface area contributed by atoms with E-state index in [0.717, 1.165) is 33.8 Å². The second-order valence-electron chi connectivity index (χ2n) is 12.4. The van der Waals surface area contributed by atoms with Crippen molar-refractivity contribution in [1.82, 2.24) is 19.7 Å². The van der Waals surface area contributed by atoms with Crippen LogP contribution in [-0.2, 0) is 25.1 Å². The summed E-state index contributed by atoms with van der Waals surface area (Å²) in [6.45, 7) is 10.7. The third-order valence-electron chi connectivity index (χ3n) is 7.98. The summed E-state index contributed by atoms with van der Waals surface area (Å²) < 4.78 is 15.0. The smallest absolute Gasteiger partial charge is 0.320 e. The van der Waals surface area contributed by atoms with Crippen molar-refractivity contribution < 1.29 is 19.4 Å². The van der Waals surface area contributed by atoms with Crippen LogP contribution in [-0.4, -0.2) is 32.6 Å². The van der Waals surface area contributed by atoms with Gasteiger partial charge in [0.25, 0.3) is 5.56 Å². The van der Waals surface area contributed by atoms with Crippen molar-refractivity contribution in [2.75, 3.05) is 12.4 Å². The highest BCUT2D eigenvalue weighted by atomic mass is 16.5. The molecule has 244 valence electrons. The molecular weight excluding hydrogens is 594 g/mol. The lowest BCUT2D eigenvalue weighted by Crippen LogP contribution is -2.29. The SMILES string of the molecule is COc1ccccc1Cn1c(C)cc(OCc2ccccc2CNC(=O)Nc2cc(C(C)(C)C)nn2-c2ccc(O)cc2)c(C)c1=O. The maximum Gasteiger partial charge on any atom is 0.320 e. The fraction of sp³-hybridized carbons (Fsp3) is 0.270. The van der Waals surface area contributed by atoms with Crippen LogP contribution in [0.4, 0.5) is 10.6 Å². The predicted octanol–water partition coefficient (Wildman–Crippen LogP) is 6.61. The van der Waals surface area contributed by atoms with Crippen LogP contribution < -0.4 is 25.7 Å². The minimum absolute atomic E-state index is 0.126. The molecule has 3 N–H and O–H groups in total. The number of para-hydroxylation sites is 1. The first kappa shape index (κ1) is 32.9. The maximum atomic E-state index is 13.4. The zero-order chi connectivity index (χ0) is 33.7. The fourth-order valence-electron chi connectivity index (χ4n) is 5.18. The highest BCUT2D eigenvalue weighted by Gasteiger charge is 2.22. The number of aryl methyl sites for hydroxylation is 1. The van der Waals surface area contributed by atoms with Crippen molar-refractivity contribution in [1.29, 1.82) is 0 Å². The summed E-state index contributed by atoms with van der Waals surface area (Å²) in [5.41, 5.74) is 5.10. The molecule has 2 amide bonds. The number of carbonyl (C=O) groups is 1. The van der Waals surface area contributed by atoms with Gasteiger partial charge in [0, 0.05) is 29.3 Å². The molecule has 47 heavy (non-hydrogen) atoms. The van der Waals surface area contributed by atoms with E-state index >= 15 is 0 Å². The molecule has 10 heteroatoms. The van der Waals surface area contributed by atoms with Crippen molar-refractivity contribution in [2.24, 2.45) is 0 Å². The zero-order valence-electron chi connectivity index (χ0n) is 27.6. The number of nitrogens with zero attached hydrogens (tertiary/aromatic N) is 3. The molecule has 2 heterocycles. The van der Waals surface area contributed by atoms with Crippen LogP contribution in [0.5, 0.6) is 17.2 Å². The molecule has 3 aromatic carbocycles. The van der Waals surface area contributed by atoms with E-state index < -0.39 is 6.03 Å². The third-order valence-corrected chi connectivity index (χ3v) is 7.98. The van der Waals surface area contributed by atoms with Crippen molar-refractivity contribution in [3.05, 3.63) is 129 Å². The van der Waals surface area contributed by atoms with Crippen LogP contribution in [0.2, 0.25) is 0 Å². The molecule has 0 bridgehead atoms. The number of rotatable bonds is 10. The summed E-state index contributed by atoms with van der Waals surface area (Å²) in [5, 5.41) is 20.3. The number of hydrogen-bond donors (Lipinski definition) is 3. The number of nitrogens with one attached hydrogen (secondary N) is 2. The van der Waals surface area contributed by atoms with Crippen molar-refractivity contribution in [3.63, 3.8) is 0 Å². The molecule has 5 rings (SSSR count). The average molecular weight is 636 g/mol. The number of aromatic nitrogens is 3. The van der Waals surface area contributed by atoms with E-state index in [-0.39, 0.29) is 29.9 Å².